The second-order valence-electron chi connectivity index (χ2n) is 21.3. The highest BCUT2D eigenvalue weighted by atomic mass is 32.1. The third-order valence-electron chi connectivity index (χ3n) is 14.8. The van der Waals surface area contributed by atoms with Crippen LogP contribution in [0.25, 0.3) is 32.7 Å². The molecule has 4 aliphatic heterocycles. The summed E-state index contributed by atoms with van der Waals surface area (Å²) in [5, 5.41) is 8.20. The zero-order chi connectivity index (χ0) is 50.9. The fourth-order valence-electron chi connectivity index (χ4n) is 10.6. The molecule has 1 unspecified atom stereocenters. The quantitative estimate of drug-likeness (QED) is 0.141. The van der Waals surface area contributed by atoms with Crippen molar-refractivity contribution >= 4 is 51.8 Å². The molecule has 1 aromatic carbocycles. The summed E-state index contributed by atoms with van der Waals surface area (Å²) in [7, 11) is 3.30. The van der Waals surface area contributed by atoms with Crippen LogP contribution < -0.4 is 10.7 Å². The molecule has 380 valence electrons. The van der Waals surface area contributed by atoms with E-state index in [0.29, 0.717) is 51.0 Å². The van der Waals surface area contributed by atoms with Crippen molar-refractivity contribution in [3.63, 3.8) is 0 Å². The monoisotopic (exact) mass is 990 g/mol. The van der Waals surface area contributed by atoms with Crippen LogP contribution in [0, 0.1) is 29.1 Å². The molecule has 0 saturated carbocycles. The molecule has 7 heterocycles. The molecular weight excluding hydrogens is 919 g/mol. The van der Waals surface area contributed by atoms with E-state index in [2.05, 4.69) is 77.1 Å². The van der Waals surface area contributed by atoms with E-state index in [-0.39, 0.29) is 43.4 Å². The number of likely N-dealkylation sites (N-methyl/N-ethyl adjacent to an activating group) is 1. The number of amides is 4. The first kappa shape index (κ1) is 51.7. The van der Waals surface area contributed by atoms with Crippen molar-refractivity contribution in [2.24, 2.45) is 17.3 Å². The van der Waals surface area contributed by atoms with Crippen LogP contribution in [0.15, 0.2) is 41.9 Å². The van der Waals surface area contributed by atoms with E-state index in [4.69, 9.17) is 19.4 Å². The number of pyridine rings is 1. The topological polar surface area (TPSA) is 172 Å². The number of esters is 1. The van der Waals surface area contributed by atoms with Gasteiger partial charge in [-0.15, -0.1) is 11.3 Å². The third kappa shape index (κ3) is 10.9. The van der Waals surface area contributed by atoms with Crippen LogP contribution in [-0.2, 0) is 52.8 Å². The predicted molar refractivity (Wildman–Crippen MR) is 273 cm³/mol. The van der Waals surface area contributed by atoms with Gasteiger partial charge >= 0.3 is 5.97 Å². The minimum Gasteiger partial charge on any atom is -0.464 e. The Labute approximate surface area is 422 Å². The molecule has 71 heavy (non-hydrogen) atoms. The molecule has 0 aliphatic carbocycles. The number of rotatable bonds is 10. The van der Waals surface area contributed by atoms with Gasteiger partial charge in [0, 0.05) is 98.9 Å². The average Bonchev–Trinajstić information content (AvgIpc) is 4.09. The Hall–Kier alpha value is -5.67. The van der Waals surface area contributed by atoms with Gasteiger partial charge in [-0.3, -0.25) is 38.9 Å². The highest BCUT2D eigenvalue weighted by Crippen LogP contribution is 2.42. The number of cyclic esters (lactones) is 1. The Bertz CT molecular complexity index is 2730. The Morgan fingerprint density at radius 3 is 2.56 bits per heavy atom. The number of fused-ring (bicyclic) bond motifs is 6. The number of nitrogens with zero attached hydrogens (tertiary/aromatic N) is 7. The first-order chi connectivity index (χ1) is 33.8. The number of thiazole rings is 1. The summed E-state index contributed by atoms with van der Waals surface area (Å²) in [4.78, 5) is 85.9. The molecule has 0 radical (unpaired) electrons. The number of likely N-dealkylation sites (tertiary alicyclic amines) is 2. The van der Waals surface area contributed by atoms with Crippen molar-refractivity contribution in [2.75, 3.05) is 53.5 Å². The Kier molecular flexibility index (Phi) is 15.4. The number of hydrazine groups is 1. The van der Waals surface area contributed by atoms with Crippen LogP contribution in [0.4, 0.5) is 0 Å². The van der Waals surface area contributed by atoms with Crippen molar-refractivity contribution in [2.45, 2.75) is 130 Å². The molecule has 8 rings (SSSR count). The van der Waals surface area contributed by atoms with Crippen molar-refractivity contribution in [1.82, 2.24) is 45.0 Å². The van der Waals surface area contributed by atoms with E-state index >= 15 is 0 Å². The van der Waals surface area contributed by atoms with Crippen molar-refractivity contribution in [3.05, 3.63) is 58.9 Å². The maximum atomic E-state index is 14.7. The van der Waals surface area contributed by atoms with E-state index in [1.165, 1.54) is 21.2 Å². The van der Waals surface area contributed by atoms with E-state index in [9.17, 15) is 24.0 Å². The van der Waals surface area contributed by atoms with E-state index < -0.39 is 52.8 Å². The molecule has 3 aromatic heterocycles. The summed E-state index contributed by atoms with van der Waals surface area (Å²) >= 11 is 1.47. The van der Waals surface area contributed by atoms with Crippen LogP contribution in [0.5, 0.6) is 0 Å². The lowest BCUT2D eigenvalue weighted by atomic mass is 9.84. The van der Waals surface area contributed by atoms with Crippen LogP contribution in [0.1, 0.15) is 104 Å². The first-order valence-corrected chi connectivity index (χ1v) is 26.1. The van der Waals surface area contributed by atoms with Gasteiger partial charge in [0.15, 0.2) is 0 Å². The fraction of sp³-hybridized carbons (Fsp3) is 0.574. The van der Waals surface area contributed by atoms with Gasteiger partial charge < -0.3 is 29.2 Å². The Morgan fingerprint density at radius 1 is 1.08 bits per heavy atom. The van der Waals surface area contributed by atoms with Crippen molar-refractivity contribution in [1.29, 1.82) is 0 Å². The van der Waals surface area contributed by atoms with Gasteiger partial charge in [-0.05, 0) is 108 Å². The molecular formula is C54H71N9O7S. The Morgan fingerprint density at radius 2 is 1.86 bits per heavy atom. The number of nitrogens with one attached hydrogen (secondary N) is 2. The van der Waals surface area contributed by atoms with E-state index in [1.54, 1.807) is 25.3 Å². The number of benzene rings is 1. The largest absolute Gasteiger partial charge is 0.464 e. The van der Waals surface area contributed by atoms with Gasteiger partial charge in [-0.1, -0.05) is 33.6 Å². The van der Waals surface area contributed by atoms with E-state index in [1.807, 2.05) is 46.1 Å². The fourth-order valence-corrected chi connectivity index (χ4v) is 11.4. The summed E-state index contributed by atoms with van der Waals surface area (Å²) < 4.78 is 14.3. The third-order valence-corrected chi connectivity index (χ3v) is 15.7. The molecule has 5 atom stereocenters. The Balaban J connectivity index is 1.09. The molecule has 4 amide bonds. The van der Waals surface area contributed by atoms with Crippen LogP contribution in [0.2, 0.25) is 0 Å². The lowest BCUT2D eigenvalue weighted by molar-refractivity contribution is -0.155. The lowest BCUT2D eigenvalue weighted by Crippen LogP contribution is -2.62. The predicted octanol–water partition coefficient (Wildman–Crippen LogP) is 6.02. The summed E-state index contributed by atoms with van der Waals surface area (Å²) in [6.45, 7) is 19.7. The smallest absolute Gasteiger partial charge is 0.324 e. The molecule has 2 N–H and O–H groups in total. The number of aromatic nitrogens is 3. The van der Waals surface area contributed by atoms with Gasteiger partial charge in [0.1, 0.15) is 23.1 Å². The molecule has 6 bridgehead atoms. The number of ether oxygens (including phenoxy) is 2. The molecule has 3 fully saturated rings. The molecule has 3 saturated heterocycles. The van der Waals surface area contributed by atoms with Crippen molar-refractivity contribution < 1.29 is 33.4 Å². The maximum absolute atomic E-state index is 14.7. The number of carbonyl (C=O) groups excluding carboxylic acids is 5. The lowest BCUT2D eigenvalue weighted by Gasteiger charge is -2.41. The molecule has 16 nitrogen and oxygen atoms in total. The summed E-state index contributed by atoms with van der Waals surface area (Å²) in [6.07, 6.45) is 4.73. The number of methoxy groups -OCH3 is 1. The van der Waals surface area contributed by atoms with Crippen LogP contribution in [-0.4, -0.2) is 141 Å². The maximum Gasteiger partial charge on any atom is 0.324 e. The second kappa shape index (κ2) is 21.2. The number of hydrogen-bond acceptors (Lipinski definition) is 12. The van der Waals surface area contributed by atoms with E-state index in [0.717, 1.165) is 63.5 Å². The second-order valence-corrected chi connectivity index (χ2v) is 22.2. The zero-order valence-corrected chi connectivity index (χ0v) is 43.9. The van der Waals surface area contributed by atoms with Gasteiger partial charge in [0.2, 0.25) is 11.8 Å². The number of carbonyl (C=O) groups is 5. The summed E-state index contributed by atoms with van der Waals surface area (Å²) in [6, 6.07) is 7.60. The SMILES string of the molecule is CCn1c(-c2cccnc2[C@H](C)OC)c2c3cc(ccc31)-c1nc(cs1)C[C@H](NC(=O)C(C(C)C)N(C)C(=O)[C@H]1CCN(C(=O)C#CC(C)(C)N3CCC3)C1)C(=O)N1CCC[C@H](N1)C(=O)OCC(C)(C)C2. The van der Waals surface area contributed by atoms with Crippen LogP contribution >= 0.6 is 11.3 Å². The molecule has 4 aromatic rings. The van der Waals surface area contributed by atoms with Gasteiger partial charge in [0.05, 0.1) is 41.2 Å². The first-order valence-electron chi connectivity index (χ1n) is 25.3. The normalized spacial score (nSPS) is 21.7. The van der Waals surface area contributed by atoms with Gasteiger partial charge in [0.25, 0.3) is 11.8 Å². The zero-order valence-electron chi connectivity index (χ0n) is 43.1. The number of hydrogen-bond donors (Lipinski definition) is 2. The molecule has 17 heteroatoms. The minimum absolute atomic E-state index is 0.0612. The highest BCUT2D eigenvalue weighted by Gasteiger charge is 2.41. The highest BCUT2D eigenvalue weighted by molar-refractivity contribution is 7.13. The van der Waals surface area contributed by atoms with Crippen molar-refractivity contribution in [3.8, 4) is 33.7 Å². The average molecular weight is 990 g/mol. The number of aryl methyl sites for hydroxylation is 1. The van der Waals surface area contributed by atoms with Crippen LogP contribution in [0.3, 0.4) is 0 Å². The summed E-state index contributed by atoms with van der Waals surface area (Å²) in [5.74, 6) is 3.19. The van der Waals surface area contributed by atoms with Gasteiger partial charge in [-0.25, -0.2) is 10.4 Å². The standard InChI is InChI=1S/C54H71N9O7S/c1-11-62-43-18-17-35-27-39(43)40(47(62)38-15-12-22-55-45(38)34(4)69-10)29-53(5,6)32-70-52(68)41-16-13-25-63(58-41)51(67)42(28-37-31-71-49(35)56-37)57-48(65)46(33(2)3)59(9)50(66)36-20-26-60(30-36)44(64)19-21-54(7,8)61-23-14-24-61/h12,15,17-18,22,27,31,33-34,36,41-42,46,58H,11,13-14,16,20,23-26,28-30,32H2,1-10H3,(H,57,65)/t34-,36-,41-,42-,46?/m0/s1. The molecule has 0 spiro atoms. The molecule has 4 aliphatic rings. The van der Waals surface area contributed by atoms with Gasteiger partial charge in [-0.2, -0.15) is 0 Å². The summed E-state index contributed by atoms with van der Waals surface area (Å²) in [5.41, 5.74) is 8.73. The minimum atomic E-state index is -1.10.